The molecule has 0 aliphatic heterocycles. The first-order chi connectivity index (χ1) is 9.21. The molecule has 1 aromatic carbocycles. The fourth-order valence-electron chi connectivity index (χ4n) is 2.18. The van der Waals surface area contributed by atoms with Gasteiger partial charge in [-0.2, -0.15) is 5.10 Å². The van der Waals surface area contributed by atoms with Gasteiger partial charge in [0, 0.05) is 11.8 Å². The van der Waals surface area contributed by atoms with Crippen molar-refractivity contribution in [2.45, 2.75) is 40.2 Å². The Morgan fingerprint density at radius 2 is 1.85 bits per heavy atom. The molecular weight excluding hydrogens is 252 g/mol. The monoisotopic (exact) mass is 272 g/mol. The van der Waals surface area contributed by atoms with Crippen molar-refractivity contribution < 1.29 is 5.11 Å². The molecule has 106 valence electrons. The topological polar surface area (TPSA) is 55.1 Å². The summed E-state index contributed by atoms with van der Waals surface area (Å²) in [5.41, 5.74) is 2.59. The zero-order chi connectivity index (χ0) is 15.1. The SMILES string of the molecule is Cc1cccc(-n2nc(C(C)(C)O)c(=O)cc2C)c1C. The van der Waals surface area contributed by atoms with Gasteiger partial charge in [-0.15, -0.1) is 0 Å². The van der Waals surface area contributed by atoms with Crippen LogP contribution in [-0.4, -0.2) is 14.9 Å². The van der Waals surface area contributed by atoms with Crippen LogP contribution in [0, 0.1) is 20.8 Å². The summed E-state index contributed by atoms with van der Waals surface area (Å²) < 4.78 is 1.72. The van der Waals surface area contributed by atoms with Crippen molar-refractivity contribution in [1.29, 1.82) is 0 Å². The molecule has 4 heteroatoms. The number of benzene rings is 1. The molecule has 2 rings (SSSR count). The quantitative estimate of drug-likeness (QED) is 0.913. The van der Waals surface area contributed by atoms with Crippen molar-refractivity contribution >= 4 is 0 Å². The van der Waals surface area contributed by atoms with Gasteiger partial charge in [0.25, 0.3) is 0 Å². The molecule has 1 aromatic heterocycles. The van der Waals surface area contributed by atoms with Crippen molar-refractivity contribution in [3.05, 3.63) is 57.0 Å². The summed E-state index contributed by atoms with van der Waals surface area (Å²) >= 11 is 0. The number of aliphatic hydroxyl groups is 1. The molecule has 20 heavy (non-hydrogen) atoms. The van der Waals surface area contributed by atoms with Gasteiger partial charge < -0.3 is 5.11 Å². The van der Waals surface area contributed by atoms with E-state index in [1.165, 1.54) is 6.07 Å². The van der Waals surface area contributed by atoms with E-state index < -0.39 is 5.60 Å². The van der Waals surface area contributed by atoms with Crippen molar-refractivity contribution in [3.8, 4) is 5.69 Å². The zero-order valence-electron chi connectivity index (χ0n) is 12.6. The van der Waals surface area contributed by atoms with Gasteiger partial charge in [-0.3, -0.25) is 4.79 Å². The van der Waals surface area contributed by atoms with Gasteiger partial charge in [0.15, 0.2) is 0 Å². The molecule has 0 radical (unpaired) electrons. The lowest BCUT2D eigenvalue weighted by molar-refractivity contribution is 0.0709. The second-order valence-corrected chi connectivity index (χ2v) is 5.69. The lowest BCUT2D eigenvalue weighted by Gasteiger charge is -2.20. The number of hydrogen-bond donors (Lipinski definition) is 1. The molecule has 2 aromatic rings. The molecule has 4 nitrogen and oxygen atoms in total. The van der Waals surface area contributed by atoms with Gasteiger partial charge in [-0.25, -0.2) is 4.68 Å². The largest absolute Gasteiger partial charge is 0.384 e. The Bertz CT molecular complexity index is 709. The third-order valence-electron chi connectivity index (χ3n) is 3.49. The second kappa shape index (κ2) is 4.87. The Morgan fingerprint density at radius 1 is 1.20 bits per heavy atom. The van der Waals surface area contributed by atoms with Gasteiger partial charge in [0.1, 0.15) is 11.3 Å². The standard InChI is InChI=1S/C16H20N2O2/c1-10-7-6-8-13(12(10)3)18-11(2)9-14(19)15(17-18)16(4,5)20/h6-9,20H,1-5H3. The molecule has 0 saturated carbocycles. The van der Waals surface area contributed by atoms with E-state index in [-0.39, 0.29) is 11.1 Å². The first-order valence-electron chi connectivity index (χ1n) is 6.62. The lowest BCUT2D eigenvalue weighted by Crippen LogP contribution is -2.30. The predicted molar refractivity (Wildman–Crippen MR) is 79.3 cm³/mol. The summed E-state index contributed by atoms with van der Waals surface area (Å²) in [4.78, 5) is 12.0. The number of aromatic nitrogens is 2. The summed E-state index contributed by atoms with van der Waals surface area (Å²) in [5, 5.41) is 14.4. The summed E-state index contributed by atoms with van der Waals surface area (Å²) in [6, 6.07) is 7.47. The Hall–Kier alpha value is -1.94. The smallest absolute Gasteiger partial charge is 0.206 e. The van der Waals surface area contributed by atoms with Gasteiger partial charge in [-0.05, 0) is 51.8 Å². The summed E-state index contributed by atoms with van der Waals surface area (Å²) in [6.45, 7) is 9.03. The molecule has 0 spiro atoms. The highest BCUT2D eigenvalue weighted by molar-refractivity contribution is 5.45. The van der Waals surface area contributed by atoms with Crippen LogP contribution in [0.5, 0.6) is 0 Å². The van der Waals surface area contributed by atoms with Gasteiger partial charge in [0.2, 0.25) is 5.43 Å². The van der Waals surface area contributed by atoms with E-state index in [2.05, 4.69) is 5.10 Å². The van der Waals surface area contributed by atoms with E-state index in [4.69, 9.17) is 0 Å². The maximum atomic E-state index is 12.0. The van der Waals surface area contributed by atoms with Crippen LogP contribution in [0.4, 0.5) is 0 Å². The Morgan fingerprint density at radius 3 is 2.45 bits per heavy atom. The molecule has 0 fully saturated rings. The van der Waals surface area contributed by atoms with E-state index in [0.29, 0.717) is 0 Å². The fourth-order valence-corrected chi connectivity index (χ4v) is 2.18. The van der Waals surface area contributed by atoms with Crippen LogP contribution in [0.15, 0.2) is 29.1 Å². The molecule has 0 amide bonds. The van der Waals surface area contributed by atoms with Crippen LogP contribution >= 0.6 is 0 Å². The van der Waals surface area contributed by atoms with Crippen LogP contribution in [0.2, 0.25) is 0 Å². The van der Waals surface area contributed by atoms with E-state index in [0.717, 1.165) is 22.5 Å². The number of aryl methyl sites for hydroxylation is 2. The maximum Gasteiger partial charge on any atom is 0.206 e. The Labute approximate surface area is 118 Å². The average molecular weight is 272 g/mol. The van der Waals surface area contributed by atoms with Crippen molar-refractivity contribution in [1.82, 2.24) is 9.78 Å². The normalized spacial score (nSPS) is 11.7. The Balaban J connectivity index is 2.75. The summed E-state index contributed by atoms with van der Waals surface area (Å²) in [6.07, 6.45) is 0. The molecule has 0 aliphatic carbocycles. The van der Waals surface area contributed by atoms with E-state index in [1.54, 1.807) is 18.5 Å². The minimum Gasteiger partial charge on any atom is -0.384 e. The highest BCUT2D eigenvalue weighted by Gasteiger charge is 2.23. The van der Waals surface area contributed by atoms with Gasteiger partial charge in [0.05, 0.1) is 5.69 Å². The third kappa shape index (κ3) is 2.51. The van der Waals surface area contributed by atoms with Crippen LogP contribution < -0.4 is 5.43 Å². The molecule has 0 atom stereocenters. The average Bonchev–Trinajstić information content (AvgIpc) is 2.32. The number of hydrogen-bond acceptors (Lipinski definition) is 3. The van der Waals surface area contributed by atoms with Crippen molar-refractivity contribution in [2.75, 3.05) is 0 Å². The number of nitrogens with zero attached hydrogens (tertiary/aromatic N) is 2. The molecule has 0 aliphatic rings. The molecule has 0 unspecified atom stereocenters. The molecular formula is C16H20N2O2. The van der Waals surface area contributed by atoms with Crippen LogP contribution in [0.25, 0.3) is 5.69 Å². The van der Waals surface area contributed by atoms with Crippen LogP contribution in [0.3, 0.4) is 0 Å². The molecule has 1 heterocycles. The van der Waals surface area contributed by atoms with E-state index in [9.17, 15) is 9.90 Å². The predicted octanol–water partition coefficient (Wildman–Crippen LogP) is 2.39. The highest BCUT2D eigenvalue weighted by Crippen LogP contribution is 2.20. The number of rotatable bonds is 2. The zero-order valence-corrected chi connectivity index (χ0v) is 12.6. The minimum absolute atomic E-state index is 0.156. The lowest BCUT2D eigenvalue weighted by atomic mass is 10.0. The van der Waals surface area contributed by atoms with E-state index >= 15 is 0 Å². The van der Waals surface area contributed by atoms with Crippen molar-refractivity contribution in [2.24, 2.45) is 0 Å². The summed E-state index contributed by atoms with van der Waals surface area (Å²) in [7, 11) is 0. The second-order valence-electron chi connectivity index (χ2n) is 5.69. The highest BCUT2D eigenvalue weighted by atomic mass is 16.3. The van der Waals surface area contributed by atoms with E-state index in [1.807, 2.05) is 39.0 Å². The molecule has 1 N–H and O–H groups in total. The van der Waals surface area contributed by atoms with Gasteiger partial charge in [-0.1, -0.05) is 12.1 Å². The third-order valence-corrected chi connectivity index (χ3v) is 3.49. The fraction of sp³-hybridized carbons (Fsp3) is 0.375. The molecule has 0 bridgehead atoms. The van der Waals surface area contributed by atoms with Crippen LogP contribution in [0.1, 0.15) is 36.4 Å². The Kier molecular flexibility index (Phi) is 3.52. The minimum atomic E-state index is -1.26. The van der Waals surface area contributed by atoms with Crippen LogP contribution in [-0.2, 0) is 5.60 Å². The first-order valence-corrected chi connectivity index (χ1v) is 6.62. The first kappa shape index (κ1) is 14.5. The van der Waals surface area contributed by atoms with Crippen molar-refractivity contribution in [3.63, 3.8) is 0 Å². The van der Waals surface area contributed by atoms with Gasteiger partial charge >= 0.3 is 0 Å². The maximum absolute atomic E-state index is 12.0. The summed E-state index contributed by atoms with van der Waals surface area (Å²) in [5.74, 6) is 0. The molecule has 0 saturated heterocycles.